The lowest BCUT2D eigenvalue weighted by molar-refractivity contribution is 0.358. The average Bonchev–Trinajstić information content (AvgIpc) is 3.61. The van der Waals surface area contributed by atoms with Crippen LogP contribution in [-0.2, 0) is 0 Å². The van der Waals surface area contributed by atoms with Crippen LogP contribution in [0.15, 0.2) is 79.2 Å². The van der Waals surface area contributed by atoms with Crippen LogP contribution < -0.4 is 10.6 Å². The summed E-state index contributed by atoms with van der Waals surface area (Å²) in [6.07, 6.45) is 15.0. The third kappa shape index (κ3) is 3.96. The minimum absolute atomic E-state index is 0.00562. The van der Waals surface area contributed by atoms with Gasteiger partial charge in [0.2, 0.25) is 5.95 Å². The highest BCUT2D eigenvalue weighted by atomic mass is 19.1. The molecule has 1 saturated carbocycles. The van der Waals surface area contributed by atoms with E-state index < -0.39 is 6.04 Å². The molecule has 178 valence electrons. The van der Waals surface area contributed by atoms with Gasteiger partial charge in [-0.2, -0.15) is 10.1 Å². The number of pyridine rings is 1. The number of fused-ring (bicyclic) bond motifs is 1. The van der Waals surface area contributed by atoms with Crippen LogP contribution in [0.25, 0.3) is 5.65 Å². The monoisotopic (exact) mass is 473 g/mol. The smallest absolute Gasteiger partial charge is 0.240 e. The number of hydrogen-bond donors (Lipinski definition) is 1. The Morgan fingerprint density at radius 2 is 1.80 bits per heavy atom. The molecule has 0 saturated heterocycles. The van der Waals surface area contributed by atoms with E-state index >= 15 is 4.39 Å². The lowest BCUT2D eigenvalue weighted by Crippen LogP contribution is -2.26. The molecule has 1 aromatic carbocycles. The van der Waals surface area contributed by atoms with E-state index in [0.29, 0.717) is 17.1 Å². The van der Waals surface area contributed by atoms with Gasteiger partial charge in [-0.1, -0.05) is 31.0 Å². The molecule has 0 radical (unpaired) electrons. The van der Waals surface area contributed by atoms with Crippen LogP contribution in [0.3, 0.4) is 0 Å². The summed E-state index contributed by atoms with van der Waals surface area (Å²) in [4.78, 5) is 6.00. The van der Waals surface area contributed by atoms with Gasteiger partial charge in [-0.15, -0.1) is 5.10 Å². The number of halogens is 2. The van der Waals surface area contributed by atoms with Gasteiger partial charge in [0.15, 0.2) is 5.65 Å². The predicted molar refractivity (Wildman–Crippen MR) is 130 cm³/mol. The Balaban J connectivity index is 1.37. The standard InChI is InChI=1S/C26H25F2N7/c27-20-10-7-18(8-11-20)24(17-4-1-2-5-17)35-16-21(14-30-35)33-13-3-6-22(28)25(33)19-9-12-23-31-26(29)32-34(23)15-19/h3,6-17,24-25H,1-2,4-5H2,(H2,29,32). The summed E-state index contributed by atoms with van der Waals surface area (Å²) < 4.78 is 32.3. The molecule has 4 aromatic rings. The summed E-state index contributed by atoms with van der Waals surface area (Å²) in [5.41, 5.74) is 8.82. The second kappa shape index (κ2) is 8.65. The van der Waals surface area contributed by atoms with Crippen LogP contribution in [-0.4, -0.2) is 24.4 Å². The summed E-state index contributed by atoms with van der Waals surface area (Å²) in [6, 6.07) is 9.60. The zero-order valence-corrected chi connectivity index (χ0v) is 19.0. The highest BCUT2D eigenvalue weighted by molar-refractivity contribution is 5.55. The number of nitrogen functional groups attached to an aromatic ring is 1. The number of benzene rings is 1. The summed E-state index contributed by atoms with van der Waals surface area (Å²) in [6.45, 7) is 0. The molecule has 3 aromatic heterocycles. The first-order valence-corrected chi connectivity index (χ1v) is 11.8. The molecule has 2 N–H and O–H groups in total. The Labute approximate surface area is 201 Å². The third-order valence-electron chi connectivity index (χ3n) is 6.96. The molecule has 4 heterocycles. The van der Waals surface area contributed by atoms with E-state index in [1.807, 2.05) is 40.2 Å². The third-order valence-corrected chi connectivity index (χ3v) is 6.96. The van der Waals surface area contributed by atoms with E-state index in [0.717, 1.165) is 24.1 Å². The van der Waals surface area contributed by atoms with Crippen LogP contribution in [0, 0.1) is 11.7 Å². The summed E-state index contributed by atoms with van der Waals surface area (Å²) in [7, 11) is 0. The van der Waals surface area contributed by atoms with Crippen molar-refractivity contribution < 1.29 is 8.78 Å². The number of aromatic nitrogens is 5. The highest BCUT2D eigenvalue weighted by Gasteiger charge is 2.31. The molecule has 6 rings (SSSR count). The number of allylic oxidation sites excluding steroid dienone is 2. The van der Waals surface area contributed by atoms with Crippen LogP contribution in [0.2, 0.25) is 0 Å². The first-order valence-electron chi connectivity index (χ1n) is 11.8. The normalized spacial score (nSPS) is 19.4. The predicted octanol–water partition coefficient (Wildman–Crippen LogP) is 5.36. The second-order valence-corrected chi connectivity index (χ2v) is 9.16. The van der Waals surface area contributed by atoms with Gasteiger partial charge in [0, 0.05) is 24.2 Å². The van der Waals surface area contributed by atoms with Gasteiger partial charge in [-0.3, -0.25) is 4.68 Å². The van der Waals surface area contributed by atoms with Gasteiger partial charge in [-0.05, 0) is 54.7 Å². The zero-order chi connectivity index (χ0) is 23.9. The molecule has 2 aliphatic rings. The number of nitrogens with two attached hydrogens (primary N) is 1. The van der Waals surface area contributed by atoms with Crippen molar-refractivity contribution in [1.29, 1.82) is 0 Å². The minimum atomic E-state index is -0.678. The highest BCUT2D eigenvalue weighted by Crippen LogP contribution is 2.40. The minimum Gasteiger partial charge on any atom is -0.366 e. The van der Waals surface area contributed by atoms with Gasteiger partial charge >= 0.3 is 0 Å². The van der Waals surface area contributed by atoms with E-state index in [-0.39, 0.29) is 23.6 Å². The van der Waals surface area contributed by atoms with Crippen molar-refractivity contribution >= 4 is 17.3 Å². The topological polar surface area (TPSA) is 77.3 Å². The van der Waals surface area contributed by atoms with Crippen LogP contribution in [0.4, 0.5) is 20.4 Å². The van der Waals surface area contributed by atoms with Crippen molar-refractivity contribution in [3.05, 3.63) is 96.1 Å². The van der Waals surface area contributed by atoms with Gasteiger partial charge < -0.3 is 10.6 Å². The van der Waals surface area contributed by atoms with Crippen LogP contribution >= 0.6 is 0 Å². The molecular formula is C26H25F2N7. The largest absolute Gasteiger partial charge is 0.366 e. The second-order valence-electron chi connectivity index (χ2n) is 9.16. The fourth-order valence-electron chi connectivity index (χ4n) is 5.36. The number of rotatable bonds is 5. The zero-order valence-electron chi connectivity index (χ0n) is 19.0. The fraction of sp³-hybridized carbons (Fsp3) is 0.269. The molecule has 2 atom stereocenters. The maximum atomic E-state index is 15.2. The first kappa shape index (κ1) is 21.5. The van der Waals surface area contributed by atoms with Crippen molar-refractivity contribution in [2.75, 3.05) is 10.6 Å². The maximum absolute atomic E-state index is 15.2. The summed E-state index contributed by atoms with van der Waals surface area (Å²) in [5.74, 6) is 0.0320. The van der Waals surface area contributed by atoms with Crippen molar-refractivity contribution in [2.24, 2.45) is 5.92 Å². The van der Waals surface area contributed by atoms with Gasteiger partial charge in [0.1, 0.15) is 17.7 Å². The first-order chi connectivity index (χ1) is 17.1. The molecule has 1 aliphatic carbocycles. The Morgan fingerprint density at radius 3 is 2.60 bits per heavy atom. The number of nitrogens with zero attached hydrogens (tertiary/aromatic N) is 6. The lowest BCUT2D eigenvalue weighted by Gasteiger charge is -2.31. The molecule has 0 amide bonds. The SMILES string of the molecule is Nc1nc2ccc(C3C(F)=CC=CN3c3cnn(C(c4ccc(F)cc4)C4CCCC4)c3)cn2n1. The molecule has 1 aliphatic heterocycles. The molecule has 9 heteroatoms. The molecule has 7 nitrogen and oxygen atoms in total. The molecular weight excluding hydrogens is 448 g/mol. The molecule has 35 heavy (non-hydrogen) atoms. The molecule has 1 fully saturated rings. The molecule has 0 spiro atoms. The van der Waals surface area contributed by atoms with E-state index in [9.17, 15) is 4.39 Å². The Bertz CT molecular complexity index is 1410. The quantitative estimate of drug-likeness (QED) is 0.423. The van der Waals surface area contributed by atoms with E-state index in [1.165, 1.54) is 31.1 Å². The maximum Gasteiger partial charge on any atom is 0.240 e. The van der Waals surface area contributed by atoms with Crippen molar-refractivity contribution in [2.45, 2.75) is 37.8 Å². The molecule has 2 unspecified atom stereocenters. The Hall–Kier alpha value is -4.01. The van der Waals surface area contributed by atoms with E-state index in [1.54, 1.807) is 29.1 Å². The van der Waals surface area contributed by atoms with Gasteiger partial charge in [0.05, 0.1) is 17.9 Å². The van der Waals surface area contributed by atoms with Crippen molar-refractivity contribution in [1.82, 2.24) is 24.4 Å². The number of anilines is 2. The Kier molecular flexibility index (Phi) is 5.32. The number of hydrogen-bond acceptors (Lipinski definition) is 5. The van der Waals surface area contributed by atoms with Crippen molar-refractivity contribution in [3.63, 3.8) is 0 Å². The van der Waals surface area contributed by atoms with Gasteiger partial charge in [-0.25, -0.2) is 13.3 Å². The van der Waals surface area contributed by atoms with Crippen LogP contribution in [0.5, 0.6) is 0 Å². The van der Waals surface area contributed by atoms with E-state index in [4.69, 9.17) is 10.8 Å². The van der Waals surface area contributed by atoms with Gasteiger partial charge in [0.25, 0.3) is 0 Å². The summed E-state index contributed by atoms with van der Waals surface area (Å²) >= 11 is 0. The van der Waals surface area contributed by atoms with Crippen molar-refractivity contribution in [3.8, 4) is 0 Å². The summed E-state index contributed by atoms with van der Waals surface area (Å²) in [5, 5.41) is 8.87. The van der Waals surface area contributed by atoms with Crippen LogP contribution in [0.1, 0.15) is 48.9 Å². The average molecular weight is 474 g/mol. The molecule has 0 bridgehead atoms. The van der Waals surface area contributed by atoms with E-state index in [2.05, 4.69) is 10.1 Å². The lowest BCUT2D eigenvalue weighted by atomic mass is 9.92. The Morgan fingerprint density at radius 1 is 1.00 bits per heavy atom. The fourth-order valence-corrected chi connectivity index (χ4v) is 5.36.